The molecule has 3 amide bonds. The Morgan fingerprint density at radius 2 is 1.79 bits per heavy atom. The van der Waals surface area contributed by atoms with Crippen molar-refractivity contribution in [1.29, 1.82) is 0 Å². The molecule has 1 unspecified atom stereocenters. The molecule has 38 heavy (non-hydrogen) atoms. The molecule has 2 aromatic heterocycles. The topological polar surface area (TPSA) is 214 Å². The highest BCUT2D eigenvalue weighted by Gasteiger charge is 2.33. The minimum Gasteiger partial charge on any atom is -0.480 e. The van der Waals surface area contributed by atoms with Crippen molar-refractivity contribution in [1.82, 2.24) is 30.3 Å². The van der Waals surface area contributed by atoms with Crippen molar-refractivity contribution < 1.29 is 33.9 Å². The van der Waals surface area contributed by atoms with Crippen molar-refractivity contribution in [2.24, 2.45) is 0 Å². The highest BCUT2D eigenvalue weighted by molar-refractivity contribution is 6.01. The summed E-state index contributed by atoms with van der Waals surface area (Å²) in [6.07, 6.45) is 1.82. The number of carboxylic acids is 1. The van der Waals surface area contributed by atoms with Gasteiger partial charge >= 0.3 is 11.9 Å². The number of fused-ring (bicyclic) bond motifs is 1. The Bertz CT molecular complexity index is 1450. The molecule has 4 N–H and O–H groups in total. The number of amides is 3. The van der Waals surface area contributed by atoms with Crippen molar-refractivity contribution in [3.63, 3.8) is 0 Å². The second-order valence-corrected chi connectivity index (χ2v) is 8.14. The van der Waals surface area contributed by atoms with E-state index < -0.39 is 47.7 Å². The van der Waals surface area contributed by atoms with Crippen LogP contribution in [0.3, 0.4) is 0 Å². The number of rotatable bonds is 10. The Balaban J connectivity index is 1.29. The lowest BCUT2D eigenvalue weighted by molar-refractivity contribution is -0.197. The molecule has 15 nitrogen and oxygen atoms in total. The molecule has 4 rings (SSSR count). The number of aromatic amines is 1. The summed E-state index contributed by atoms with van der Waals surface area (Å²) >= 11 is 0. The zero-order valence-corrected chi connectivity index (χ0v) is 19.7. The van der Waals surface area contributed by atoms with Crippen molar-refractivity contribution >= 4 is 46.5 Å². The van der Waals surface area contributed by atoms with E-state index in [1.807, 2.05) is 0 Å². The number of carboxylic acid groups (broad SMARTS) is 1. The number of aromatic nitrogens is 4. The van der Waals surface area contributed by atoms with Gasteiger partial charge in [-0.05, 0) is 30.7 Å². The quantitative estimate of drug-likeness (QED) is 0.256. The number of carbonyl (C=O) groups is 5. The second-order valence-electron chi connectivity index (χ2n) is 8.14. The molecule has 1 saturated heterocycles. The number of benzene rings is 1. The molecular formula is C23H21N7O8. The van der Waals surface area contributed by atoms with Gasteiger partial charge in [-0.3, -0.25) is 19.2 Å². The van der Waals surface area contributed by atoms with Gasteiger partial charge in [0.2, 0.25) is 0 Å². The lowest BCUT2D eigenvalue weighted by atomic mass is 10.1. The first kappa shape index (κ1) is 25.9. The monoisotopic (exact) mass is 523 g/mol. The zero-order chi connectivity index (χ0) is 27.2. The van der Waals surface area contributed by atoms with Crippen LogP contribution >= 0.6 is 0 Å². The molecule has 1 aromatic carbocycles. The van der Waals surface area contributed by atoms with Gasteiger partial charge in [0, 0.05) is 24.1 Å². The Labute approximate surface area is 213 Å². The van der Waals surface area contributed by atoms with E-state index in [0.29, 0.717) is 16.4 Å². The van der Waals surface area contributed by atoms with Crippen molar-refractivity contribution in [3.05, 3.63) is 58.4 Å². The predicted molar refractivity (Wildman–Crippen MR) is 127 cm³/mol. The average molecular weight is 523 g/mol. The molecular weight excluding hydrogens is 502 g/mol. The third-order valence-electron chi connectivity index (χ3n) is 5.46. The second kappa shape index (κ2) is 11.2. The summed E-state index contributed by atoms with van der Waals surface area (Å²) in [7, 11) is 0. The summed E-state index contributed by atoms with van der Waals surface area (Å²) < 4.78 is 0. The smallest absolute Gasteiger partial charge is 0.333 e. The van der Waals surface area contributed by atoms with Gasteiger partial charge in [0.05, 0.1) is 31.2 Å². The fourth-order valence-electron chi connectivity index (χ4n) is 3.47. The number of nitrogens with one attached hydrogen (secondary N) is 3. The van der Waals surface area contributed by atoms with Crippen LogP contribution in [-0.4, -0.2) is 65.8 Å². The standard InChI is InChI=1S/C23H21N7O8/c31-16-6-7-17(32)30(16)38-18(33)8-5-15(23(36)37)29-21(34)12-1-3-13(4-2-12)24-9-14-10-25-20-19(28-14)22(35)27-11-26-20/h1-4,10-11,15,24H,5-9H2,(H,29,34)(H,36,37)(H,25,26,27,35). The molecule has 1 fully saturated rings. The largest absolute Gasteiger partial charge is 0.480 e. The maximum atomic E-state index is 12.6. The van der Waals surface area contributed by atoms with Crippen LogP contribution in [-0.2, 0) is 30.6 Å². The lowest BCUT2D eigenvalue weighted by Gasteiger charge is -2.16. The summed E-state index contributed by atoms with van der Waals surface area (Å²) in [5.41, 5.74) is 1.19. The van der Waals surface area contributed by atoms with Crippen LogP contribution in [0.2, 0.25) is 0 Å². The van der Waals surface area contributed by atoms with E-state index >= 15 is 0 Å². The van der Waals surface area contributed by atoms with E-state index in [2.05, 4.69) is 30.6 Å². The Kier molecular flexibility index (Phi) is 7.65. The molecule has 0 saturated carbocycles. The summed E-state index contributed by atoms with van der Waals surface area (Å²) in [6, 6.07) is 4.71. The summed E-state index contributed by atoms with van der Waals surface area (Å²) in [6.45, 7) is 0.231. The number of H-pyrrole nitrogens is 1. The molecule has 196 valence electrons. The molecule has 0 spiro atoms. The lowest BCUT2D eigenvalue weighted by Crippen LogP contribution is -2.41. The maximum Gasteiger partial charge on any atom is 0.333 e. The highest BCUT2D eigenvalue weighted by atomic mass is 16.7. The van der Waals surface area contributed by atoms with Crippen LogP contribution < -0.4 is 16.2 Å². The Morgan fingerprint density at radius 1 is 1.08 bits per heavy atom. The van der Waals surface area contributed by atoms with Gasteiger partial charge < -0.3 is 25.6 Å². The molecule has 1 aliphatic rings. The number of hydroxylamine groups is 2. The molecule has 1 atom stereocenters. The van der Waals surface area contributed by atoms with Crippen LogP contribution in [0.15, 0.2) is 41.6 Å². The molecule has 0 bridgehead atoms. The van der Waals surface area contributed by atoms with Crippen molar-refractivity contribution in [2.75, 3.05) is 5.32 Å². The molecule has 0 radical (unpaired) electrons. The first-order valence-electron chi connectivity index (χ1n) is 11.3. The number of aliphatic carboxylic acids is 1. The molecule has 15 heteroatoms. The number of imide groups is 1. The minimum absolute atomic E-state index is 0.0649. The normalized spacial score (nSPS) is 13.8. The van der Waals surface area contributed by atoms with Crippen LogP contribution in [0.25, 0.3) is 11.2 Å². The predicted octanol–water partition coefficient (Wildman–Crippen LogP) is -0.104. The van der Waals surface area contributed by atoms with Gasteiger partial charge in [-0.1, -0.05) is 0 Å². The first-order chi connectivity index (χ1) is 18.2. The van der Waals surface area contributed by atoms with E-state index in [4.69, 9.17) is 4.84 Å². The number of anilines is 1. The summed E-state index contributed by atoms with van der Waals surface area (Å²) in [4.78, 5) is 90.3. The van der Waals surface area contributed by atoms with E-state index in [9.17, 15) is 33.9 Å². The third-order valence-corrected chi connectivity index (χ3v) is 5.46. The first-order valence-corrected chi connectivity index (χ1v) is 11.3. The Hall–Kier alpha value is -5.21. The van der Waals surface area contributed by atoms with Crippen molar-refractivity contribution in [3.8, 4) is 0 Å². The Morgan fingerprint density at radius 3 is 2.47 bits per heavy atom. The van der Waals surface area contributed by atoms with Crippen LogP contribution in [0.1, 0.15) is 41.7 Å². The van der Waals surface area contributed by atoms with Gasteiger partial charge in [0.1, 0.15) is 6.04 Å². The zero-order valence-electron chi connectivity index (χ0n) is 19.7. The fraction of sp³-hybridized carbons (Fsp3) is 0.261. The van der Waals surface area contributed by atoms with Gasteiger partial charge in [0.25, 0.3) is 23.3 Å². The number of hydrogen-bond donors (Lipinski definition) is 4. The van der Waals surface area contributed by atoms with Crippen LogP contribution in [0.5, 0.6) is 0 Å². The van der Waals surface area contributed by atoms with E-state index in [1.165, 1.54) is 24.7 Å². The summed E-state index contributed by atoms with van der Waals surface area (Å²) in [5.74, 6) is -4.33. The van der Waals surface area contributed by atoms with Gasteiger partial charge in [0.15, 0.2) is 11.2 Å². The maximum absolute atomic E-state index is 12.6. The summed E-state index contributed by atoms with van der Waals surface area (Å²) in [5, 5.41) is 15.2. The van der Waals surface area contributed by atoms with Crippen LogP contribution in [0, 0.1) is 0 Å². The van der Waals surface area contributed by atoms with Crippen molar-refractivity contribution in [2.45, 2.75) is 38.3 Å². The number of nitrogens with zero attached hydrogens (tertiary/aromatic N) is 4. The van der Waals surface area contributed by atoms with Gasteiger partial charge in [-0.2, -0.15) is 0 Å². The highest BCUT2D eigenvalue weighted by Crippen LogP contribution is 2.14. The number of hydrogen-bond acceptors (Lipinski definition) is 11. The van der Waals surface area contributed by atoms with E-state index in [1.54, 1.807) is 12.1 Å². The van der Waals surface area contributed by atoms with Gasteiger partial charge in [-0.25, -0.2) is 24.5 Å². The number of carbonyl (C=O) groups excluding carboxylic acids is 4. The van der Waals surface area contributed by atoms with Crippen LogP contribution in [0.4, 0.5) is 5.69 Å². The average Bonchev–Trinajstić information content (AvgIpc) is 3.22. The van der Waals surface area contributed by atoms with E-state index in [-0.39, 0.29) is 42.5 Å². The molecule has 1 aliphatic heterocycles. The molecule has 0 aliphatic carbocycles. The fourth-order valence-corrected chi connectivity index (χ4v) is 3.47. The SMILES string of the molecule is O=C(CCC(NC(=O)c1ccc(NCc2cnc3nc[nH]c(=O)c3n2)cc1)C(=O)O)ON1C(=O)CCC1=O. The third kappa shape index (κ3) is 6.13. The van der Waals surface area contributed by atoms with E-state index in [0.717, 1.165) is 0 Å². The van der Waals surface area contributed by atoms with Gasteiger partial charge in [-0.15, -0.1) is 5.06 Å². The minimum atomic E-state index is -1.41. The molecule has 3 heterocycles. The molecule has 3 aromatic rings.